The second kappa shape index (κ2) is 4.83. The fourth-order valence-corrected chi connectivity index (χ4v) is 1.54. The van der Waals surface area contributed by atoms with Crippen LogP contribution < -0.4 is 4.74 Å². The lowest BCUT2D eigenvalue weighted by Crippen LogP contribution is -1.98. The number of aromatic carboxylic acids is 1. The van der Waals surface area contributed by atoms with Crippen molar-refractivity contribution >= 4 is 5.97 Å². The first-order chi connectivity index (χ1) is 8.61. The van der Waals surface area contributed by atoms with Crippen LogP contribution in [0.25, 0.3) is 11.1 Å². The number of methoxy groups -OCH3 is 1. The van der Waals surface area contributed by atoms with Crippen LogP contribution in [0.4, 0.5) is 4.39 Å². The van der Waals surface area contributed by atoms with Gasteiger partial charge in [0.2, 0.25) is 5.88 Å². The van der Waals surface area contributed by atoms with Crippen molar-refractivity contribution in [2.45, 2.75) is 0 Å². The molecular weight excluding hydrogens is 237 g/mol. The fourth-order valence-electron chi connectivity index (χ4n) is 1.54. The highest BCUT2D eigenvalue weighted by atomic mass is 19.1. The van der Waals surface area contributed by atoms with E-state index in [9.17, 15) is 9.18 Å². The van der Waals surface area contributed by atoms with Crippen molar-refractivity contribution in [1.82, 2.24) is 4.98 Å². The first-order valence-corrected chi connectivity index (χ1v) is 5.15. The van der Waals surface area contributed by atoms with Crippen molar-refractivity contribution < 1.29 is 19.0 Å². The lowest BCUT2D eigenvalue weighted by molar-refractivity contribution is 0.0697. The molecule has 0 spiro atoms. The van der Waals surface area contributed by atoms with Gasteiger partial charge in [0.1, 0.15) is 5.82 Å². The van der Waals surface area contributed by atoms with Crippen molar-refractivity contribution in [3.8, 4) is 17.0 Å². The maximum absolute atomic E-state index is 13.6. The molecule has 18 heavy (non-hydrogen) atoms. The summed E-state index contributed by atoms with van der Waals surface area (Å²) >= 11 is 0. The molecule has 1 N–H and O–H groups in total. The summed E-state index contributed by atoms with van der Waals surface area (Å²) in [5, 5.41) is 8.87. The van der Waals surface area contributed by atoms with Crippen molar-refractivity contribution in [1.29, 1.82) is 0 Å². The van der Waals surface area contributed by atoms with Crippen LogP contribution in [0.5, 0.6) is 5.88 Å². The number of carbonyl (C=O) groups is 1. The van der Waals surface area contributed by atoms with Gasteiger partial charge in [0.15, 0.2) is 0 Å². The zero-order chi connectivity index (χ0) is 13.1. The summed E-state index contributed by atoms with van der Waals surface area (Å²) in [7, 11) is 1.48. The lowest BCUT2D eigenvalue weighted by Gasteiger charge is -2.05. The Labute approximate surface area is 103 Å². The molecule has 0 radical (unpaired) electrons. The molecule has 4 nitrogen and oxygen atoms in total. The quantitative estimate of drug-likeness (QED) is 0.905. The number of carboxylic acid groups (broad SMARTS) is 1. The van der Waals surface area contributed by atoms with Gasteiger partial charge in [-0.2, -0.15) is 0 Å². The second-order valence-electron chi connectivity index (χ2n) is 3.59. The van der Waals surface area contributed by atoms with E-state index in [4.69, 9.17) is 9.84 Å². The molecule has 1 aromatic heterocycles. The minimum absolute atomic E-state index is 0.0298. The van der Waals surface area contributed by atoms with Crippen LogP contribution in [0.2, 0.25) is 0 Å². The molecule has 0 fully saturated rings. The maximum Gasteiger partial charge on any atom is 0.335 e. The highest BCUT2D eigenvalue weighted by Crippen LogP contribution is 2.24. The summed E-state index contributed by atoms with van der Waals surface area (Å²) in [6.07, 6.45) is 1.43. The molecule has 0 aliphatic carbocycles. The Kier molecular flexibility index (Phi) is 3.23. The summed E-state index contributed by atoms with van der Waals surface area (Å²) in [4.78, 5) is 14.8. The smallest absolute Gasteiger partial charge is 0.335 e. The Morgan fingerprint density at radius 3 is 2.67 bits per heavy atom. The highest BCUT2D eigenvalue weighted by Gasteiger charge is 2.10. The van der Waals surface area contributed by atoms with E-state index in [1.54, 1.807) is 12.1 Å². The number of rotatable bonds is 3. The Balaban J connectivity index is 2.48. The molecule has 0 amide bonds. The molecule has 0 unspecified atom stereocenters. The normalized spacial score (nSPS) is 10.1. The number of pyridine rings is 1. The molecule has 0 aliphatic heterocycles. The second-order valence-corrected chi connectivity index (χ2v) is 3.59. The van der Waals surface area contributed by atoms with E-state index >= 15 is 0 Å². The van der Waals surface area contributed by atoms with Gasteiger partial charge in [-0.05, 0) is 24.3 Å². The average Bonchev–Trinajstić information content (AvgIpc) is 2.39. The summed E-state index contributed by atoms with van der Waals surface area (Å²) in [5.74, 6) is -1.18. The van der Waals surface area contributed by atoms with Gasteiger partial charge >= 0.3 is 5.97 Å². The first-order valence-electron chi connectivity index (χ1n) is 5.15. The van der Waals surface area contributed by atoms with Gasteiger partial charge in [-0.1, -0.05) is 0 Å². The summed E-state index contributed by atoms with van der Waals surface area (Å²) in [6.45, 7) is 0. The predicted molar refractivity (Wildman–Crippen MR) is 63.1 cm³/mol. The molecule has 0 bridgehead atoms. The van der Waals surface area contributed by atoms with Crippen molar-refractivity contribution in [3.63, 3.8) is 0 Å². The van der Waals surface area contributed by atoms with Crippen LogP contribution in [0.3, 0.4) is 0 Å². The van der Waals surface area contributed by atoms with Gasteiger partial charge < -0.3 is 9.84 Å². The predicted octanol–water partition coefficient (Wildman–Crippen LogP) is 2.59. The molecule has 1 heterocycles. The Morgan fingerprint density at radius 1 is 1.33 bits per heavy atom. The van der Waals surface area contributed by atoms with E-state index in [1.165, 1.54) is 25.4 Å². The van der Waals surface area contributed by atoms with Crippen molar-refractivity contribution in [2.24, 2.45) is 0 Å². The molecule has 0 saturated heterocycles. The molecule has 2 aromatic rings. The summed E-state index contributed by atoms with van der Waals surface area (Å²) in [6, 6.07) is 6.83. The van der Waals surface area contributed by atoms with Crippen LogP contribution in [0, 0.1) is 5.82 Å². The van der Waals surface area contributed by atoms with Gasteiger partial charge in [0.25, 0.3) is 0 Å². The number of nitrogens with zero attached hydrogens (tertiary/aromatic N) is 1. The molecule has 2 rings (SSSR count). The largest absolute Gasteiger partial charge is 0.481 e. The summed E-state index contributed by atoms with van der Waals surface area (Å²) < 4.78 is 18.5. The molecule has 0 atom stereocenters. The minimum Gasteiger partial charge on any atom is -0.481 e. The molecule has 0 saturated carbocycles. The fraction of sp³-hybridized carbons (Fsp3) is 0.0769. The zero-order valence-corrected chi connectivity index (χ0v) is 9.55. The first kappa shape index (κ1) is 12.0. The third-order valence-corrected chi connectivity index (χ3v) is 2.47. The van der Waals surface area contributed by atoms with E-state index in [0.717, 1.165) is 6.07 Å². The minimum atomic E-state index is -1.10. The van der Waals surface area contributed by atoms with Crippen LogP contribution in [-0.2, 0) is 0 Å². The maximum atomic E-state index is 13.6. The monoisotopic (exact) mass is 247 g/mol. The number of aromatic nitrogens is 1. The number of ether oxygens (including phenoxy) is 1. The topological polar surface area (TPSA) is 59.4 Å². The molecular formula is C13H10FNO3. The summed E-state index contributed by atoms with van der Waals surface area (Å²) in [5.41, 5.74) is 0.726. The number of benzene rings is 1. The molecule has 92 valence electrons. The standard InChI is InChI=1S/C13H10FNO3/c1-18-12-5-3-9(7-15-12)10-6-8(13(16)17)2-4-11(10)14/h2-7H,1H3,(H,16,17). The number of halogens is 1. The van der Waals surface area contributed by atoms with E-state index in [2.05, 4.69) is 4.98 Å². The van der Waals surface area contributed by atoms with Gasteiger partial charge in [0.05, 0.1) is 12.7 Å². The van der Waals surface area contributed by atoms with E-state index in [-0.39, 0.29) is 11.1 Å². The van der Waals surface area contributed by atoms with E-state index < -0.39 is 11.8 Å². The SMILES string of the molecule is COc1ccc(-c2cc(C(=O)O)ccc2F)cn1. The van der Waals surface area contributed by atoms with E-state index in [0.29, 0.717) is 11.4 Å². The molecule has 5 heteroatoms. The molecule has 0 aliphatic rings. The third kappa shape index (κ3) is 2.29. The number of hydrogen-bond donors (Lipinski definition) is 1. The van der Waals surface area contributed by atoms with Gasteiger partial charge in [-0.15, -0.1) is 0 Å². The van der Waals surface area contributed by atoms with E-state index in [1.807, 2.05) is 0 Å². The number of hydrogen-bond acceptors (Lipinski definition) is 3. The highest BCUT2D eigenvalue weighted by molar-refractivity contribution is 5.89. The zero-order valence-electron chi connectivity index (χ0n) is 9.55. The Bertz CT molecular complexity index is 581. The van der Waals surface area contributed by atoms with Crippen molar-refractivity contribution in [3.05, 3.63) is 47.9 Å². The van der Waals surface area contributed by atoms with Gasteiger partial charge in [-0.25, -0.2) is 14.2 Å². The molecule has 1 aromatic carbocycles. The average molecular weight is 247 g/mol. The van der Waals surface area contributed by atoms with Crippen LogP contribution in [-0.4, -0.2) is 23.2 Å². The Hall–Kier alpha value is -2.43. The van der Waals surface area contributed by atoms with Crippen molar-refractivity contribution in [2.75, 3.05) is 7.11 Å². The van der Waals surface area contributed by atoms with Crippen LogP contribution >= 0.6 is 0 Å². The number of carboxylic acids is 1. The van der Waals surface area contributed by atoms with Gasteiger partial charge in [0, 0.05) is 23.4 Å². The third-order valence-electron chi connectivity index (χ3n) is 2.47. The van der Waals surface area contributed by atoms with Crippen LogP contribution in [0.1, 0.15) is 10.4 Å². The lowest BCUT2D eigenvalue weighted by atomic mass is 10.0. The Morgan fingerprint density at radius 2 is 2.11 bits per heavy atom. The van der Waals surface area contributed by atoms with Crippen LogP contribution in [0.15, 0.2) is 36.5 Å². The van der Waals surface area contributed by atoms with Gasteiger partial charge in [-0.3, -0.25) is 0 Å².